The molecule has 0 fully saturated rings. The number of alkyl carbamates (subject to hydrolysis) is 1. The summed E-state index contributed by atoms with van der Waals surface area (Å²) in [5.74, 6) is -0.149. The molecule has 9 heteroatoms. The largest absolute Gasteiger partial charge is 0.453 e. The summed E-state index contributed by atoms with van der Waals surface area (Å²) in [6.45, 7) is 3.86. The molecule has 2 amide bonds. The number of hydrogen-bond acceptors (Lipinski definition) is 7. The molecule has 0 saturated carbocycles. The lowest BCUT2D eigenvalue weighted by atomic mass is 10.4. The molecule has 0 unspecified atom stereocenters. The van der Waals surface area contributed by atoms with Crippen molar-refractivity contribution in [1.29, 1.82) is 0 Å². The van der Waals surface area contributed by atoms with E-state index in [1.54, 1.807) is 4.57 Å². The molecule has 0 radical (unpaired) electrons. The van der Waals surface area contributed by atoms with Gasteiger partial charge in [-0.2, -0.15) is 0 Å². The van der Waals surface area contributed by atoms with Gasteiger partial charge in [-0.1, -0.05) is 11.8 Å². The van der Waals surface area contributed by atoms with E-state index in [0.29, 0.717) is 11.1 Å². The number of anilines is 1. The Morgan fingerprint density at radius 3 is 2.72 bits per heavy atom. The van der Waals surface area contributed by atoms with Crippen LogP contribution in [0.5, 0.6) is 0 Å². The van der Waals surface area contributed by atoms with E-state index in [9.17, 15) is 9.59 Å². The van der Waals surface area contributed by atoms with Gasteiger partial charge in [-0.15, -0.1) is 10.2 Å². The maximum atomic E-state index is 11.4. The Morgan fingerprint density at radius 1 is 1.50 bits per heavy atom. The minimum Gasteiger partial charge on any atom is -0.453 e. The number of methoxy groups -OCH3 is 1. The predicted molar refractivity (Wildman–Crippen MR) is 66.1 cm³/mol. The molecule has 0 aliphatic heterocycles. The van der Waals surface area contributed by atoms with E-state index in [-0.39, 0.29) is 11.8 Å². The summed E-state index contributed by atoms with van der Waals surface area (Å²) in [5.41, 5.74) is 5.65. The van der Waals surface area contributed by atoms with Gasteiger partial charge in [-0.25, -0.2) is 4.79 Å². The zero-order valence-corrected chi connectivity index (χ0v) is 11.2. The molecule has 1 rings (SSSR count). The topological polar surface area (TPSA) is 112 Å². The lowest BCUT2D eigenvalue weighted by Gasteiger charge is -2.10. The highest BCUT2D eigenvalue weighted by molar-refractivity contribution is 7.99. The van der Waals surface area contributed by atoms with Gasteiger partial charge in [0.25, 0.3) is 0 Å². The van der Waals surface area contributed by atoms with Crippen LogP contribution in [-0.4, -0.2) is 39.6 Å². The number of nitrogens with two attached hydrogens (primary N) is 1. The van der Waals surface area contributed by atoms with Crippen LogP contribution in [0.3, 0.4) is 0 Å². The van der Waals surface area contributed by atoms with Crippen molar-refractivity contribution >= 4 is 29.7 Å². The van der Waals surface area contributed by atoms with Crippen LogP contribution in [0.2, 0.25) is 0 Å². The Kier molecular flexibility index (Phi) is 4.95. The van der Waals surface area contributed by atoms with Gasteiger partial charge in [0, 0.05) is 6.04 Å². The highest BCUT2D eigenvalue weighted by Crippen LogP contribution is 2.22. The molecule has 0 bridgehead atoms. The van der Waals surface area contributed by atoms with E-state index in [2.05, 4.69) is 14.9 Å². The number of carbonyl (C=O) groups is 2. The fourth-order valence-electron chi connectivity index (χ4n) is 1.20. The first-order valence-corrected chi connectivity index (χ1v) is 6.15. The van der Waals surface area contributed by atoms with Gasteiger partial charge >= 0.3 is 6.09 Å². The summed E-state index contributed by atoms with van der Waals surface area (Å²) < 4.78 is 6.01. The molecule has 18 heavy (non-hydrogen) atoms. The Balaban J connectivity index is 2.59. The minimum absolute atomic E-state index is 0.0277. The average molecular weight is 273 g/mol. The van der Waals surface area contributed by atoms with Crippen molar-refractivity contribution in [2.45, 2.75) is 25.0 Å². The summed E-state index contributed by atoms with van der Waals surface area (Å²) in [6, 6.07) is 0.0890. The molecular weight excluding hydrogens is 258 g/mol. The first-order valence-electron chi connectivity index (χ1n) is 5.16. The molecular formula is C9H15N5O3S. The number of nitrogens with one attached hydrogen (secondary N) is 1. The third kappa shape index (κ3) is 3.62. The van der Waals surface area contributed by atoms with E-state index in [1.165, 1.54) is 7.11 Å². The minimum atomic E-state index is -0.787. The molecule has 0 aliphatic carbocycles. The number of carbonyl (C=O) groups excluding carboxylic acids is 2. The van der Waals surface area contributed by atoms with Crippen molar-refractivity contribution in [1.82, 2.24) is 20.1 Å². The Hall–Kier alpha value is -1.77. The first kappa shape index (κ1) is 14.3. The third-order valence-electron chi connectivity index (χ3n) is 1.97. The third-order valence-corrected chi connectivity index (χ3v) is 2.91. The zero-order chi connectivity index (χ0) is 13.7. The van der Waals surface area contributed by atoms with Crippen molar-refractivity contribution in [3.05, 3.63) is 0 Å². The number of aromatic nitrogens is 3. The number of ether oxygens (including phenoxy) is 1. The van der Waals surface area contributed by atoms with E-state index < -0.39 is 12.0 Å². The Bertz CT molecular complexity index is 445. The van der Waals surface area contributed by atoms with E-state index in [1.807, 2.05) is 19.2 Å². The highest BCUT2D eigenvalue weighted by atomic mass is 32.2. The molecule has 3 N–H and O–H groups in total. The molecule has 0 aromatic carbocycles. The zero-order valence-electron chi connectivity index (χ0n) is 10.3. The smallest absolute Gasteiger partial charge is 0.413 e. The molecule has 100 valence electrons. The summed E-state index contributed by atoms with van der Waals surface area (Å²) in [6.07, 6.45) is -0.787. The normalized spacial score (nSPS) is 10.4. The maximum Gasteiger partial charge on any atom is 0.413 e. The van der Waals surface area contributed by atoms with E-state index in [4.69, 9.17) is 5.73 Å². The second-order valence-corrected chi connectivity index (χ2v) is 4.58. The van der Waals surface area contributed by atoms with Gasteiger partial charge < -0.3 is 10.5 Å². The van der Waals surface area contributed by atoms with Crippen molar-refractivity contribution < 1.29 is 14.3 Å². The molecule has 1 aromatic heterocycles. The second-order valence-electron chi connectivity index (χ2n) is 3.63. The molecule has 0 atom stereocenters. The van der Waals surface area contributed by atoms with Crippen LogP contribution < -0.4 is 11.1 Å². The van der Waals surface area contributed by atoms with Crippen LogP contribution in [0.25, 0.3) is 0 Å². The van der Waals surface area contributed by atoms with Crippen LogP contribution >= 0.6 is 11.8 Å². The van der Waals surface area contributed by atoms with Crippen molar-refractivity contribution in [3.63, 3.8) is 0 Å². The van der Waals surface area contributed by atoms with Gasteiger partial charge in [0.05, 0.1) is 12.9 Å². The van der Waals surface area contributed by atoms with E-state index in [0.717, 1.165) is 11.8 Å². The second kappa shape index (κ2) is 6.24. The highest BCUT2D eigenvalue weighted by Gasteiger charge is 2.15. The number of amides is 2. The van der Waals surface area contributed by atoms with Crippen LogP contribution in [0.1, 0.15) is 19.9 Å². The Morgan fingerprint density at radius 2 is 2.17 bits per heavy atom. The SMILES string of the molecule is COC(=O)NC(=O)CSc1nnc(N)n1C(C)C. The monoisotopic (exact) mass is 273 g/mol. The van der Waals surface area contributed by atoms with Crippen LogP contribution in [-0.2, 0) is 9.53 Å². The van der Waals surface area contributed by atoms with Crippen LogP contribution in [0, 0.1) is 0 Å². The van der Waals surface area contributed by atoms with Gasteiger partial charge in [0.2, 0.25) is 11.9 Å². The van der Waals surface area contributed by atoms with Crippen LogP contribution in [0.4, 0.5) is 10.7 Å². The summed E-state index contributed by atoms with van der Waals surface area (Å²) in [4.78, 5) is 22.1. The number of rotatable bonds is 4. The number of hydrogen-bond donors (Lipinski definition) is 2. The van der Waals surface area contributed by atoms with Gasteiger partial charge in [-0.05, 0) is 13.8 Å². The summed E-state index contributed by atoms with van der Waals surface area (Å²) >= 11 is 1.15. The van der Waals surface area contributed by atoms with Gasteiger partial charge in [0.1, 0.15) is 0 Å². The molecule has 0 aliphatic rings. The molecule has 0 spiro atoms. The summed E-state index contributed by atoms with van der Waals surface area (Å²) in [5, 5.41) is 10.2. The fraction of sp³-hybridized carbons (Fsp3) is 0.556. The van der Waals surface area contributed by atoms with E-state index >= 15 is 0 Å². The lowest BCUT2D eigenvalue weighted by molar-refractivity contribution is -0.117. The molecule has 1 aromatic rings. The van der Waals surface area contributed by atoms with Crippen molar-refractivity contribution in [3.8, 4) is 0 Å². The lowest BCUT2D eigenvalue weighted by Crippen LogP contribution is -2.31. The number of thioether (sulfide) groups is 1. The molecule has 0 saturated heterocycles. The standard InChI is InChI=1S/C9H15N5O3S/c1-5(2)14-7(10)12-13-8(14)18-4-6(15)11-9(16)17-3/h5H,4H2,1-3H3,(H2,10,12)(H,11,15,16). The average Bonchev–Trinajstić information content (AvgIpc) is 2.67. The number of nitrogens with zero attached hydrogens (tertiary/aromatic N) is 3. The number of nitrogen functional groups attached to an aromatic ring is 1. The van der Waals surface area contributed by atoms with Crippen LogP contribution in [0.15, 0.2) is 5.16 Å². The molecule has 8 nitrogen and oxygen atoms in total. The fourth-order valence-corrected chi connectivity index (χ4v) is 2.08. The quantitative estimate of drug-likeness (QED) is 0.764. The Labute approximate surface area is 108 Å². The first-order chi connectivity index (χ1) is 8.45. The van der Waals surface area contributed by atoms with Crippen molar-refractivity contribution in [2.75, 3.05) is 18.6 Å². The van der Waals surface area contributed by atoms with Gasteiger partial charge in [-0.3, -0.25) is 14.7 Å². The van der Waals surface area contributed by atoms with Gasteiger partial charge in [0.15, 0.2) is 5.16 Å². The summed E-state index contributed by atoms with van der Waals surface area (Å²) in [7, 11) is 1.19. The molecule has 1 heterocycles. The van der Waals surface area contributed by atoms with Crippen molar-refractivity contribution in [2.24, 2.45) is 0 Å². The number of imide groups is 1. The predicted octanol–water partition coefficient (Wildman–Crippen LogP) is 0.416. The maximum absolute atomic E-state index is 11.4.